The lowest BCUT2D eigenvalue weighted by molar-refractivity contribution is -0.113. The lowest BCUT2D eigenvalue weighted by atomic mass is 10.2. The molecule has 0 aromatic heterocycles. The van der Waals surface area contributed by atoms with E-state index in [1.807, 2.05) is 18.4 Å². The van der Waals surface area contributed by atoms with Gasteiger partial charge in [0.25, 0.3) is 0 Å². The molecule has 1 amide bonds. The second kappa shape index (κ2) is 8.25. The predicted octanol–water partition coefficient (Wildman–Crippen LogP) is 5.09. The van der Waals surface area contributed by atoms with Gasteiger partial charge in [0.2, 0.25) is 5.91 Å². The molecule has 0 aliphatic rings. The normalized spacial score (nSPS) is 10.2. The maximum Gasteiger partial charge on any atom is 0.234 e. The molecule has 0 saturated carbocycles. The van der Waals surface area contributed by atoms with Crippen LogP contribution in [0.3, 0.4) is 0 Å². The summed E-state index contributed by atoms with van der Waals surface area (Å²) in [5.74, 6) is -0.457. The van der Waals surface area contributed by atoms with Gasteiger partial charge in [0.05, 0.1) is 10.8 Å². The molecule has 0 heterocycles. The van der Waals surface area contributed by atoms with Gasteiger partial charge in [-0.1, -0.05) is 11.6 Å². The molecule has 0 bridgehead atoms. The number of nitriles is 1. The van der Waals surface area contributed by atoms with Crippen LogP contribution in [0.1, 0.15) is 5.56 Å². The molecule has 23 heavy (non-hydrogen) atoms. The Morgan fingerprint density at radius 1 is 1.30 bits per heavy atom. The third-order valence-electron chi connectivity index (χ3n) is 2.90. The number of aryl methyl sites for hydroxylation is 1. The van der Waals surface area contributed by atoms with Crippen LogP contribution in [0, 0.1) is 23.4 Å². The van der Waals surface area contributed by atoms with Gasteiger partial charge in [-0.2, -0.15) is 5.26 Å². The molecule has 118 valence electrons. The Morgan fingerprint density at radius 2 is 2.04 bits per heavy atom. The van der Waals surface area contributed by atoms with Crippen LogP contribution in [0.25, 0.3) is 0 Å². The van der Waals surface area contributed by atoms with E-state index in [-0.39, 0.29) is 16.7 Å². The van der Waals surface area contributed by atoms with E-state index in [9.17, 15) is 9.18 Å². The van der Waals surface area contributed by atoms with Gasteiger partial charge in [0, 0.05) is 15.5 Å². The van der Waals surface area contributed by atoms with Crippen molar-refractivity contribution in [1.29, 1.82) is 5.26 Å². The van der Waals surface area contributed by atoms with Gasteiger partial charge in [-0.3, -0.25) is 4.79 Å². The zero-order chi connectivity index (χ0) is 16.8. The number of rotatable bonds is 5. The van der Waals surface area contributed by atoms with E-state index < -0.39 is 5.82 Å². The van der Waals surface area contributed by atoms with Crippen molar-refractivity contribution >= 4 is 46.7 Å². The number of thiocyanates is 1. The Kier molecular flexibility index (Phi) is 6.34. The maximum atomic E-state index is 13.1. The Labute approximate surface area is 147 Å². The molecule has 0 spiro atoms. The van der Waals surface area contributed by atoms with Crippen LogP contribution in [-0.4, -0.2) is 11.7 Å². The highest BCUT2D eigenvalue weighted by atomic mass is 35.5. The number of nitrogens with one attached hydrogen (secondary N) is 1. The van der Waals surface area contributed by atoms with Crippen molar-refractivity contribution < 1.29 is 9.18 Å². The van der Waals surface area contributed by atoms with Gasteiger partial charge >= 0.3 is 0 Å². The quantitative estimate of drug-likeness (QED) is 0.591. The minimum Gasteiger partial charge on any atom is -0.325 e. The Morgan fingerprint density at radius 3 is 2.70 bits per heavy atom. The molecule has 0 radical (unpaired) electrons. The lowest BCUT2D eigenvalue weighted by Gasteiger charge is -2.09. The van der Waals surface area contributed by atoms with Crippen molar-refractivity contribution in [2.75, 3.05) is 11.1 Å². The summed E-state index contributed by atoms with van der Waals surface area (Å²) in [6.07, 6.45) is 0. The van der Waals surface area contributed by atoms with E-state index in [1.165, 1.54) is 23.9 Å². The summed E-state index contributed by atoms with van der Waals surface area (Å²) in [5.41, 5.74) is 1.59. The first-order valence-corrected chi connectivity index (χ1v) is 8.72. The molecular weight excluding hydrogens is 355 g/mol. The highest BCUT2D eigenvalue weighted by Gasteiger charge is 2.08. The van der Waals surface area contributed by atoms with Crippen LogP contribution in [0.15, 0.2) is 46.2 Å². The molecule has 0 saturated heterocycles. The van der Waals surface area contributed by atoms with Crippen LogP contribution >= 0.6 is 35.1 Å². The summed E-state index contributed by atoms with van der Waals surface area (Å²) < 4.78 is 13.1. The highest BCUT2D eigenvalue weighted by molar-refractivity contribution is 8.03. The summed E-state index contributed by atoms with van der Waals surface area (Å²) in [5, 5.41) is 13.5. The molecule has 0 aliphatic carbocycles. The molecular formula is C16H12ClFN2OS2. The fourth-order valence-corrected chi connectivity index (χ4v) is 3.25. The van der Waals surface area contributed by atoms with Gasteiger partial charge in [0.1, 0.15) is 11.2 Å². The Hall–Kier alpha value is -1.68. The highest BCUT2D eigenvalue weighted by Crippen LogP contribution is 2.26. The molecule has 7 heteroatoms. The van der Waals surface area contributed by atoms with E-state index in [4.69, 9.17) is 16.9 Å². The second-order valence-electron chi connectivity index (χ2n) is 4.58. The molecule has 1 N–H and O–H groups in total. The van der Waals surface area contributed by atoms with Crippen LogP contribution in [0.4, 0.5) is 10.1 Å². The smallest absolute Gasteiger partial charge is 0.234 e. The van der Waals surface area contributed by atoms with Crippen LogP contribution in [0.2, 0.25) is 5.02 Å². The van der Waals surface area contributed by atoms with Crippen molar-refractivity contribution in [3.05, 3.63) is 52.8 Å². The van der Waals surface area contributed by atoms with Gasteiger partial charge in [0.15, 0.2) is 0 Å². The Bertz CT molecular complexity index is 777. The van der Waals surface area contributed by atoms with Crippen LogP contribution in [-0.2, 0) is 4.79 Å². The summed E-state index contributed by atoms with van der Waals surface area (Å²) in [7, 11) is 0. The van der Waals surface area contributed by atoms with Crippen LogP contribution in [0.5, 0.6) is 0 Å². The second-order valence-corrected chi connectivity index (χ2v) is 6.90. The molecule has 0 atom stereocenters. The lowest BCUT2D eigenvalue weighted by Crippen LogP contribution is -2.14. The van der Waals surface area contributed by atoms with E-state index in [0.717, 1.165) is 27.1 Å². The monoisotopic (exact) mass is 366 g/mol. The van der Waals surface area contributed by atoms with Gasteiger partial charge < -0.3 is 5.32 Å². The van der Waals surface area contributed by atoms with Crippen molar-refractivity contribution in [2.45, 2.75) is 16.7 Å². The standard InChI is InChI=1S/C16H12ClFN2OS2/c1-10-6-11(23-9-19)3-5-15(10)20-16(21)8-22-12-2-4-14(18)13(17)7-12/h2-7H,8H2,1H3,(H,20,21). The fraction of sp³-hybridized carbons (Fsp3) is 0.125. The number of nitrogens with zero attached hydrogens (tertiary/aromatic N) is 1. The summed E-state index contributed by atoms with van der Waals surface area (Å²) >= 11 is 8.06. The molecule has 2 aromatic rings. The SMILES string of the molecule is Cc1cc(SC#N)ccc1NC(=O)CSc1ccc(F)c(Cl)c1. The number of carbonyl (C=O) groups excluding carboxylic acids is 1. The van der Waals surface area contributed by atoms with Crippen molar-refractivity contribution in [3.63, 3.8) is 0 Å². The topological polar surface area (TPSA) is 52.9 Å². The largest absolute Gasteiger partial charge is 0.325 e. The number of halogens is 2. The molecule has 3 nitrogen and oxygen atoms in total. The van der Waals surface area contributed by atoms with Gasteiger partial charge in [-0.15, -0.1) is 11.8 Å². The predicted molar refractivity (Wildman–Crippen MR) is 93.4 cm³/mol. The fourth-order valence-electron chi connectivity index (χ4n) is 1.79. The molecule has 0 unspecified atom stereocenters. The number of carbonyl (C=O) groups is 1. The molecule has 0 aliphatic heterocycles. The third-order valence-corrected chi connectivity index (χ3v) is 4.76. The summed E-state index contributed by atoms with van der Waals surface area (Å²) in [6.45, 7) is 1.87. The van der Waals surface area contributed by atoms with Gasteiger partial charge in [-0.25, -0.2) is 4.39 Å². The average Bonchev–Trinajstić information content (AvgIpc) is 2.51. The van der Waals surface area contributed by atoms with E-state index in [0.29, 0.717) is 5.69 Å². The van der Waals surface area contributed by atoms with Crippen LogP contribution < -0.4 is 5.32 Å². The number of thioether (sulfide) groups is 2. The van der Waals surface area contributed by atoms with Gasteiger partial charge in [-0.05, 0) is 60.6 Å². The average molecular weight is 367 g/mol. The molecule has 2 aromatic carbocycles. The zero-order valence-corrected chi connectivity index (χ0v) is 14.5. The Balaban J connectivity index is 1.94. The minimum absolute atomic E-state index is 0.0387. The zero-order valence-electron chi connectivity index (χ0n) is 12.1. The number of hydrogen-bond acceptors (Lipinski definition) is 4. The molecule has 2 rings (SSSR count). The van der Waals surface area contributed by atoms with E-state index in [2.05, 4.69) is 5.32 Å². The third kappa shape index (κ3) is 5.17. The minimum atomic E-state index is -0.480. The number of benzene rings is 2. The van der Waals surface area contributed by atoms with E-state index in [1.54, 1.807) is 18.2 Å². The molecule has 0 fully saturated rings. The first-order valence-electron chi connectivity index (χ1n) is 6.54. The number of hydrogen-bond donors (Lipinski definition) is 1. The number of anilines is 1. The van der Waals surface area contributed by atoms with Crippen molar-refractivity contribution in [1.82, 2.24) is 0 Å². The summed E-state index contributed by atoms with van der Waals surface area (Å²) in [4.78, 5) is 13.6. The first kappa shape index (κ1) is 17.7. The first-order chi connectivity index (χ1) is 11.0. The van der Waals surface area contributed by atoms with Crippen molar-refractivity contribution in [3.8, 4) is 5.40 Å². The van der Waals surface area contributed by atoms with Crippen molar-refractivity contribution in [2.24, 2.45) is 0 Å². The maximum absolute atomic E-state index is 13.1. The van der Waals surface area contributed by atoms with E-state index >= 15 is 0 Å². The summed E-state index contributed by atoms with van der Waals surface area (Å²) in [6, 6.07) is 9.75. The number of amides is 1.